The summed E-state index contributed by atoms with van der Waals surface area (Å²) in [6.07, 6.45) is 0.232. The molecule has 0 saturated carbocycles. The Morgan fingerprint density at radius 2 is 2.12 bits per heavy atom. The lowest BCUT2D eigenvalue weighted by atomic mass is 10.1. The van der Waals surface area contributed by atoms with E-state index in [9.17, 15) is 9.59 Å². The van der Waals surface area contributed by atoms with E-state index in [0.29, 0.717) is 18.8 Å². The quantitative estimate of drug-likeness (QED) is 0.740. The first-order chi connectivity index (χ1) is 12.0. The second-order valence-electron chi connectivity index (χ2n) is 5.98. The van der Waals surface area contributed by atoms with Crippen LogP contribution < -0.4 is 9.64 Å². The van der Waals surface area contributed by atoms with Gasteiger partial charge in [0.15, 0.2) is 0 Å². The number of halogens is 1. The molecule has 1 saturated heterocycles. The Kier molecular flexibility index (Phi) is 5.44. The highest BCUT2D eigenvalue weighted by Gasteiger charge is 2.37. The van der Waals surface area contributed by atoms with Crippen LogP contribution in [0.2, 0.25) is 0 Å². The van der Waals surface area contributed by atoms with Crippen LogP contribution in [0.15, 0.2) is 40.2 Å². The Morgan fingerprint density at radius 3 is 2.80 bits per heavy atom. The number of methoxy groups -OCH3 is 1. The summed E-state index contributed by atoms with van der Waals surface area (Å²) in [6.45, 7) is 0.935. The van der Waals surface area contributed by atoms with E-state index in [1.165, 1.54) is 0 Å². The molecule has 25 heavy (non-hydrogen) atoms. The van der Waals surface area contributed by atoms with Crippen molar-refractivity contribution < 1.29 is 14.3 Å². The molecule has 5 nitrogen and oxygen atoms in total. The molecule has 2 amide bonds. The van der Waals surface area contributed by atoms with E-state index < -0.39 is 0 Å². The van der Waals surface area contributed by atoms with Gasteiger partial charge in [0.05, 0.1) is 29.0 Å². The minimum atomic E-state index is -0.328. The zero-order valence-corrected chi connectivity index (χ0v) is 16.5. The third kappa shape index (κ3) is 3.88. The number of anilines is 1. The van der Waals surface area contributed by atoms with Gasteiger partial charge in [-0.05, 0) is 40.2 Å². The molecule has 0 spiro atoms. The van der Waals surface area contributed by atoms with E-state index in [1.54, 1.807) is 35.3 Å². The monoisotopic (exact) mass is 422 g/mol. The summed E-state index contributed by atoms with van der Waals surface area (Å²) in [7, 11) is 3.36. The molecule has 0 aliphatic carbocycles. The SMILES string of the molecule is COc1ccccc1N1CC(C(=O)N(C)Cc2ccc(Br)s2)CC1=O. The van der Waals surface area contributed by atoms with Gasteiger partial charge in [0.2, 0.25) is 11.8 Å². The van der Waals surface area contributed by atoms with E-state index in [4.69, 9.17) is 4.74 Å². The van der Waals surface area contributed by atoms with Crippen molar-refractivity contribution in [1.82, 2.24) is 4.90 Å². The highest BCUT2D eigenvalue weighted by Crippen LogP contribution is 2.33. The number of benzene rings is 1. The average molecular weight is 423 g/mol. The highest BCUT2D eigenvalue weighted by atomic mass is 79.9. The van der Waals surface area contributed by atoms with E-state index in [2.05, 4.69) is 15.9 Å². The molecule has 1 aromatic carbocycles. The summed E-state index contributed by atoms with van der Waals surface area (Å²) in [6, 6.07) is 11.4. The average Bonchev–Trinajstić information content (AvgIpc) is 3.19. The number of amides is 2. The number of ether oxygens (including phenoxy) is 1. The summed E-state index contributed by atoms with van der Waals surface area (Å²) in [5, 5.41) is 0. The van der Waals surface area contributed by atoms with Crippen LogP contribution in [0.5, 0.6) is 5.75 Å². The molecule has 132 valence electrons. The third-order valence-electron chi connectivity index (χ3n) is 4.25. The van der Waals surface area contributed by atoms with Crippen molar-refractivity contribution in [3.63, 3.8) is 0 Å². The minimum absolute atomic E-state index is 0.00438. The van der Waals surface area contributed by atoms with Gasteiger partial charge >= 0.3 is 0 Å². The smallest absolute Gasteiger partial charge is 0.228 e. The van der Waals surface area contributed by atoms with Crippen molar-refractivity contribution in [1.29, 1.82) is 0 Å². The molecule has 7 heteroatoms. The Hall–Kier alpha value is -1.86. The van der Waals surface area contributed by atoms with Gasteiger partial charge in [0.25, 0.3) is 0 Å². The van der Waals surface area contributed by atoms with Crippen LogP contribution in [0.25, 0.3) is 0 Å². The first-order valence-corrected chi connectivity index (χ1v) is 9.53. The highest BCUT2D eigenvalue weighted by molar-refractivity contribution is 9.11. The molecule has 3 rings (SSSR count). The topological polar surface area (TPSA) is 49.9 Å². The van der Waals surface area contributed by atoms with Crippen molar-refractivity contribution >= 4 is 44.8 Å². The number of carbonyl (C=O) groups is 2. The largest absolute Gasteiger partial charge is 0.495 e. The van der Waals surface area contributed by atoms with Crippen LogP contribution in [0.4, 0.5) is 5.69 Å². The molecule has 1 unspecified atom stereocenters. The van der Waals surface area contributed by atoms with Crippen LogP contribution in [0, 0.1) is 5.92 Å². The number of nitrogens with zero attached hydrogens (tertiary/aromatic N) is 2. The van der Waals surface area contributed by atoms with Crippen molar-refractivity contribution in [2.24, 2.45) is 5.92 Å². The van der Waals surface area contributed by atoms with Gasteiger partial charge in [-0.15, -0.1) is 11.3 Å². The molecule has 1 aromatic heterocycles. The van der Waals surface area contributed by atoms with E-state index >= 15 is 0 Å². The first kappa shape index (κ1) is 17.9. The zero-order valence-electron chi connectivity index (χ0n) is 14.1. The molecule has 0 bridgehead atoms. The van der Waals surface area contributed by atoms with Gasteiger partial charge in [-0.25, -0.2) is 0 Å². The number of carbonyl (C=O) groups excluding carboxylic acids is 2. The lowest BCUT2D eigenvalue weighted by Gasteiger charge is -2.22. The van der Waals surface area contributed by atoms with Crippen LogP contribution in [-0.4, -0.2) is 37.4 Å². The van der Waals surface area contributed by atoms with Gasteiger partial charge in [-0.1, -0.05) is 12.1 Å². The van der Waals surface area contributed by atoms with Crippen LogP contribution in [-0.2, 0) is 16.1 Å². The number of hydrogen-bond acceptors (Lipinski definition) is 4. The minimum Gasteiger partial charge on any atom is -0.495 e. The Balaban J connectivity index is 1.70. The van der Waals surface area contributed by atoms with Crippen molar-refractivity contribution in [2.45, 2.75) is 13.0 Å². The fourth-order valence-electron chi connectivity index (χ4n) is 3.02. The van der Waals surface area contributed by atoms with Crippen LogP contribution >= 0.6 is 27.3 Å². The predicted molar refractivity (Wildman–Crippen MR) is 102 cm³/mol. The molecule has 1 fully saturated rings. The number of hydrogen-bond donors (Lipinski definition) is 0. The van der Waals surface area contributed by atoms with E-state index in [1.807, 2.05) is 36.4 Å². The molecule has 2 heterocycles. The summed E-state index contributed by atoms with van der Waals surface area (Å²) < 4.78 is 6.38. The summed E-state index contributed by atoms with van der Waals surface area (Å²) in [5.74, 6) is 0.261. The maximum atomic E-state index is 12.7. The molecule has 0 radical (unpaired) electrons. The summed E-state index contributed by atoms with van der Waals surface area (Å²) in [5.41, 5.74) is 0.718. The second-order valence-corrected chi connectivity index (χ2v) is 8.52. The number of thiophene rings is 1. The van der Waals surface area contributed by atoms with E-state index in [0.717, 1.165) is 14.4 Å². The molecule has 2 aromatic rings. The lowest BCUT2D eigenvalue weighted by Crippen LogP contribution is -2.34. The fourth-order valence-corrected chi connectivity index (χ4v) is 4.56. The summed E-state index contributed by atoms with van der Waals surface area (Å²) in [4.78, 5) is 29.6. The molecule has 1 aliphatic rings. The maximum Gasteiger partial charge on any atom is 0.228 e. The molecule has 1 atom stereocenters. The molecular weight excluding hydrogens is 404 g/mol. The zero-order chi connectivity index (χ0) is 18.0. The van der Waals surface area contributed by atoms with Gasteiger partial charge in [0, 0.05) is 24.9 Å². The molecule has 0 N–H and O–H groups in total. The molecule has 1 aliphatic heterocycles. The normalized spacial score (nSPS) is 17.0. The van der Waals surface area contributed by atoms with E-state index in [-0.39, 0.29) is 24.2 Å². The number of para-hydroxylation sites is 2. The van der Waals surface area contributed by atoms with Crippen molar-refractivity contribution in [3.05, 3.63) is 45.1 Å². The van der Waals surface area contributed by atoms with Gasteiger partial charge < -0.3 is 14.5 Å². The van der Waals surface area contributed by atoms with Gasteiger partial charge in [-0.2, -0.15) is 0 Å². The summed E-state index contributed by atoms with van der Waals surface area (Å²) >= 11 is 5.04. The standard InChI is InChI=1S/C18H19BrN2O3S/c1-20(11-13-7-8-16(19)25-13)18(23)12-9-17(22)21(10-12)14-5-3-4-6-15(14)24-2/h3-8,12H,9-11H2,1-2H3. The third-order valence-corrected chi connectivity index (χ3v) is 5.86. The lowest BCUT2D eigenvalue weighted by molar-refractivity contribution is -0.135. The van der Waals surface area contributed by atoms with Crippen LogP contribution in [0.1, 0.15) is 11.3 Å². The second kappa shape index (κ2) is 7.58. The van der Waals surface area contributed by atoms with Gasteiger partial charge in [0.1, 0.15) is 5.75 Å². The van der Waals surface area contributed by atoms with Crippen molar-refractivity contribution in [3.8, 4) is 5.75 Å². The Bertz CT molecular complexity index is 792. The van der Waals surface area contributed by atoms with Crippen molar-refractivity contribution in [2.75, 3.05) is 25.6 Å². The van der Waals surface area contributed by atoms with Gasteiger partial charge in [-0.3, -0.25) is 9.59 Å². The number of rotatable bonds is 5. The fraction of sp³-hybridized carbons (Fsp3) is 0.333. The maximum absolute atomic E-state index is 12.7. The Labute approximate surface area is 159 Å². The first-order valence-electron chi connectivity index (χ1n) is 7.92. The predicted octanol–water partition coefficient (Wildman–Crippen LogP) is 3.53. The Morgan fingerprint density at radius 1 is 1.36 bits per heavy atom. The van der Waals surface area contributed by atoms with Crippen LogP contribution in [0.3, 0.4) is 0 Å². The molecular formula is C18H19BrN2O3S.